The van der Waals surface area contributed by atoms with Gasteiger partial charge in [0.1, 0.15) is 0 Å². The van der Waals surface area contributed by atoms with Gasteiger partial charge in [-0.2, -0.15) is 0 Å². The van der Waals surface area contributed by atoms with Gasteiger partial charge in [-0.1, -0.05) is 0 Å². The van der Waals surface area contributed by atoms with E-state index in [1.165, 1.54) is 6.26 Å². The molecule has 2 unspecified atom stereocenters. The van der Waals surface area contributed by atoms with E-state index in [1.54, 1.807) is 0 Å². The van der Waals surface area contributed by atoms with Crippen molar-refractivity contribution in [3.63, 3.8) is 0 Å². The Bertz CT molecular complexity index is 109. The van der Waals surface area contributed by atoms with Crippen LogP contribution in [-0.2, 0) is 4.79 Å². The lowest BCUT2D eigenvalue weighted by molar-refractivity contribution is -0.143. The monoisotopic (exact) mass is 156 g/mol. The molecule has 0 radical (unpaired) electrons. The number of aliphatic carboxylic acids is 1. The highest BCUT2D eigenvalue weighted by Gasteiger charge is 2.26. The molecule has 2 nitrogen and oxygen atoms in total. The van der Waals surface area contributed by atoms with E-state index in [0.717, 1.165) is 0 Å². The predicted octanol–water partition coefficient (Wildman–Crippen LogP) is 1.07. The van der Waals surface area contributed by atoms with Crippen LogP contribution in [0.25, 0.3) is 0 Å². The number of hydrogen-bond acceptors (Lipinski definition) is 2. The molecule has 0 saturated carbocycles. The van der Waals surface area contributed by atoms with Gasteiger partial charge in [-0.05, 0) is 6.26 Å². The van der Waals surface area contributed by atoms with Gasteiger partial charge in [0, 0.05) is 0 Å². The highest BCUT2D eigenvalue weighted by atomic mass is 32.2. The second kappa shape index (κ2) is 3.66. The van der Waals surface area contributed by atoms with Crippen molar-refractivity contribution in [1.29, 1.82) is 0 Å². The van der Waals surface area contributed by atoms with Gasteiger partial charge in [-0.3, -0.25) is 0 Å². The van der Waals surface area contributed by atoms with Crippen molar-refractivity contribution in [2.75, 3.05) is 6.26 Å². The zero-order valence-electron chi connectivity index (χ0n) is 4.67. The molecule has 0 heterocycles. The van der Waals surface area contributed by atoms with Gasteiger partial charge in [0.05, 0.1) is 0 Å². The Labute approximate surface area is 55.2 Å². The fraction of sp³-hybridized carbons (Fsp3) is 0.750. The summed E-state index contributed by atoms with van der Waals surface area (Å²) in [5.41, 5.74) is -1.96. The molecule has 1 N–H and O–H groups in total. The minimum absolute atomic E-state index is 0.539. The van der Waals surface area contributed by atoms with Gasteiger partial charge in [-0.25, -0.2) is 13.6 Å². The average molecular weight is 156 g/mol. The lowest BCUT2D eigenvalue weighted by atomic mass is 10.4. The van der Waals surface area contributed by atoms with E-state index in [0.29, 0.717) is 11.8 Å². The summed E-state index contributed by atoms with van der Waals surface area (Å²) >= 11 is 0.539. The van der Waals surface area contributed by atoms with Gasteiger partial charge in [0.25, 0.3) is 0 Å². The molecule has 0 aromatic carbocycles. The van der Waals surface area contributed by atoms with Crippen LogP contribution in [0.3, 0.4) is 0 Å². The van der Waals surface area contributed by atoms with Gasteiger partial charge >= 0.3 is 5.97 Å². The molecule has 0 aliphatic heterocycles. The molecule has 0 spiro atoms. The fourth-order valence-corrected chi connectivity index (χ4v) is 0.587. The minimum atomic E-state index is -2.40. The summed E-state index contributed by atoms with van der Waals surface area (Å²) in [6.07, 6.45) is -1.10. The Hall–Kier alpha value is -0.320. The van der Waals surface area contributed by atoms with E-state index in [2.05, 4.69) is 0 Å². The van der Waals surface area contributed by atoms with Crippen LogP contribution >= 0.6 is 11.8 Å². The average Bonchev–Trinajstić information content (AvgIpc) is 1.84. The first-order valence-corrected chi connectivity index (χ1v) is 3.42. The third-order valence-corrected chi connectivity index (χ3v) is 1.38. The summed E-state index contributed by atoms with van der Waals surface area (Å²) in [4.78, 5) is 9.67. The first-order valence-electron chi connectivity index (χ1n) is 2.13. The van der Waals surface area contributed by atoms with Gasteiger partial charge in [0.15, 0.2) is 5.50 Å². The van der Waals surface area contributed by atoms with Crippen molar-refractivity contribution in [2.24, 2.45) is 0 Å². The number of carbonyl (C=O) groups is 1. The Kier molecular flexibility index (Phi) is 3.53. The van der Waals surface area contributed by atoms with Crippen LogP contribution in [0.1, 0.15) is 0 Å². The molecule has 5 heteroatoms. The van der Waals surface area contributed by atoms with E-state index in [-0.39, 0.29) is 0 Å². The molecule has 0 aromatic rings. The minimum Gasteiger partial charge on any atom is -0.479 e. The van der Waals surface area contributed by atoms with Crippen LogP contribution in [0.5, 0.6) is 0 Å². The van der Waals surface area contributed by atoms with Gasteiger partial charge in [0.2, 0.25) is 6.17 Å². The number of hydrogen-bond donors (Lipinski definition) is 1. The zero-order chi connectivity index (χ0) is 7.44. The van der Waals surface area contributed by atoms with Crippen LogP contribution in [0.4, 0.5) is 8.78 Å². The number of alkyl halides is 2. The largest absolute Gasteiger partial charge is 0.479 e. The molecule has 0 aromatic heterocycles. The molecule has 0 rings (SSSR count). The molecule has 0 saturated heterocycles. The maximum atomic E-state index is 12.0. The number of thioether (sulfide) groups is 1. The summed E-state index contributed by atoms with van der Waals surface area (Å²) in [5, 5.41) is 7.86. The predicted molar refractivity (Wildman–Crippen MR) is 30.9 cm³/mol. The summed E-state index contributed by atoms with van der Waals surface area (Å²) in [7, 11) is 0. The first kappa shape index (κ1) is 8.68. The van der Waals surface area contributed by atoms with Gasteiger partial charge in [-0.15, -0.1) is 11.8 Å². The summed E-state index contributed by atoms with van der Waals surface area (Å²) in [6, 6.07) is 0. The third kappa shape index (κ3) is 2.64. The van der Waals surface area contributed by atoms with Gasteiger partial charge < -0.3 is 5.11 Å². The number of halogens is 2. The molecule has 54 valence electrons. The number of carboxylic acids is 1. The normalized spacial score (nSPS) is 16.8. The van der Waals surface area contributed by atoms with Crippen LogP contribution in [0, 0.1) is 0 Å². The Morgan fingerprint density at radius 3 is 2.22 bits per heavy atom. The Morgan fingerprint density at radius 1 is 1.67 bits per heavy atom. The van der Waals surface area contributed by atoms with E-state index >= 15 is 0 Å². The van der Waals surface area contributed by atoms with Crippen LogP contribution < -0.4 is 0 Å². The maximum absolute atomic E-state index is 12.0. The molecule has 0 aliphatic rings. The molecule has 2 atom stereocenters. The maximum Gasteiger partial charge on any atom is 0.342 e. The topological polar surface area (TPSA) is 37.3 Å². The molecule has 0 fully saturated rings. The zero-order valence-corrected chi connectivity index (χ0v) is 5.49. The summed E-state index contributed by atoms with van der Waals surface area (Å²) < 4.78 is 23.9. The smallest absolute Gasteiger partial charge is 0.342 e. The van der Waals surface area contributed by atoms with E-state index in [1.807, 2.05) is 0 Å². The molecular formula is C4H6F2O2S. The second-order valence-corrected chi connectivity index (χ2v) is 2.25. The lowest BCUT2D eigenvalue weighted by Gasteiger charge is -2.04. The SMILES string of the molecule is CSC(F)C(F)C(=O)O. The van der Waals surface area contributed by atoms with Crippen LogP contribution in [-0.4, -0.2) is 29.0 Å². The van der Waals surface area contributed by atoms with E-state index in [9.17, 15) is 13.6 Å². The summed E-state index contributed by atoms with van der Waals surface area (Å²) in [6.45, 7) is 0. The third-order valence-electron chi connectivity index (χ3n) is 0.691. The van der Waals surface area contributed by atoms with E-state index < -0.39 is 17.6 Å². The Morgan fingerprint density at radius 2 is 2.11 bits per heavy atom. The van der Waals surface area contributed by atoms with Crippen molar-refractivity contribution >= 4 is 17.7 Å². The van der Waals surface area contributed by atoms with E-state index in [4.69, 9.17) is 5.11 Å². The summed E-state index contributed by atoms with van der Waals surface area (Å²) in [5.74, 6) is -1.75. The first-order chi connectivity index (χ1) is 4.09. The van der Waals surface area contributed by atoms with Crippen molar-refractivity contribution < 1.29 is 18.7 Å². The lowest BCUT2D eigenvalue weighted by Crippen LogP contribution is -2.23. The molecule has 0 amide bonds. The molecule has 0 bridgehead atoms. The number of rotatable bonds is 3. The van der Waals surface area contributed by atoms with Crippen molar-refractivity contribution in [1.82, 2.24) is 0 Å². The van der Waals surface area contributed by atoms with Crippen LogP contribution in [0.2, 0.25) is 0 Å². The van der Waals surface area contributed by atoms with Crippen LogP contribution in [0.15, 0.2) is 0 Å². The highest BCUT2D eigenvalue weighted by Crippen LogP contribution is 2.15. The highest BCUT2D eigenvalue weighted by molar-refractivity contribution is 7.99. The number of carboxylic acid groups (broad SMARTS) is 1. The second-order valence-electron chi connectivity index (χ2n) is 1.33. The quantitative estimate of drug-likeness (QED) is 0.664. The standard InChI is InChI=1S/C4H6F2O2S/c1-9-3(6)2(5)4(7)8/h2-3H,1H3,(H,7,8). The van der Waals surface area contributed by atoms with Crippen molar-refractivity contribution in [3.05, 3.63) is 0 Å². The molecule has 0 aliphatic carbocycles. The molecule has 9 heavy (non-hydrogen) atoms. The van der Waals surface area contributed by atoms with Crippen molar-refractivity contribution in [2.45, 2.75) is 11.7 Å². The van der Waals surface area contributed by atoms with Crippen molar-refractivity contribution in [3.8, 4) is 0 Å². The Balaban J connectivity index is 3.72. The fourth-order valence-electron chi connectivity index (χ4n) is 0.232. The molecular weight excluding hydrogens is 150 g/mol.